The molecule has 0 fully saturated rings. The second-order valence-corrected chi connectivity index (χ2v) is 7.62. The van der Waals surface area contributed by atoms with Crippen LogP contribution in [0.1, 0.15) is 51.0 Å². The molecule has 3 N–H and O–H groups in total. The quantitative estimate of drug-likeness (QED) is 0.583. The fourth-order valence-electron chi connectivity index (χ4n) is 2.81. The van der Waals surface area contributed by atoms with E-state index in [1.807, 2.05) is 12.1 Å². The molecular formula is C19H35ClN2+2. The van der Waals surface area contributed by atoms with E-state index >= 15 is 0 Å². The maximum Gasteiger partial charge on any atom is 0.0821 e. The Balaban J connectivity index is 2.40. The van der Waals surface area contributed by atoms with Crippen LogP contribution in [0.3, 0.4) is 0 Å². The largest absolute Gasteiger partial charge is 0.346 e. The number of benzene rings is 1. The van der Waals surface area contributed by atoms with Gasteiger partial charge in [0.1, 0.15) is 0 Å². The van der Waals surface area contributed by atoms with Gasteiger partial charge in [0.25, 0.3) is 0 Å². The van der Waals surface area contributed by atoms with Crippen molar-refractivity contribution in [3.63, 3.8) is 0 Å². The molecule has 1 aromatic carbocycles. The van der Waals surface area contributed by atoms with Crippen molar-refractivity contribution in [1.29, 1.82) is 0 Å². The van der Waals surface area contributed by atoms with Gasteiger partial charge in [0.15, 0.2) is 0 Å². The molecular weight excluding hydrogens is 292 g/mol. The molecule has 0 aliphatic heterocycles. The van der Waals surface area contributed by atoms with Crippen molar-refractivity contribution < 1.29 is 10.2 Å². The van der Waals surface area contributed by atoms with Crippen LogP contribution in [-0.4, -0.2) is 33.7 Å². The van der Waals surface area contributed by atoms with Crippen LogP contribution in [-0.2, 0) is 0 Å². The molecule has 0 amide bonds. The Bertz CT molecular complexity index is 387. The fraction of sp³-hybridized carbons (Fsp3) is 0.684. The van der Waals surface area contributed by atoms with Gasteiger partial charge < -0.3 is 10.2 Å². The molecule has 3 heteroatoms. The van der Waals surface area contributed by atoms with Gasteiger partial charge in [0.05, 0.1) is 33.7 Å². The predicted molar refractivity (Wildman–Crippen MR) is 96.8 cm³/mol. The van der Waals surface area contributed by atoms with Gasteiger partial charge in [0, 0.05) is 17.9 Å². The summed E-state index contributed by atoms with van der Waals surface area (Å²) in [5, 5.41) is 3.32. The topological polar surface area (TPSA) is 21.1 Å². The average molecular weight is 327 g/mol. The van der Waals surface area contributed by atoms with Gasteiger partial charge in [0.2, 0.25) is 0 Å². The first-order valence-corrected chi connectivity index (χ1v) is 9.23. The SMILES string of the molecule is CC(C)CC[C@@H](CC[NH2+]CCC[NH+](C)C)c1ccc(Cl)cc1. The molecule has 0 bridgehead atoms. The zero-order valence-corrected chi connectivity index (χ0v) is 15.6. The van der Waals surface area contributed by atoms with Crippen LogP contribution < -0.4 is 10.2 Å². The van der Waals surface area contributed by atoms with Gasteiger partial charge in [-0.1, -0.05) is 44.0 Å². The predicted octanol–water partition coefficient (Wildman–Crippen LogP) is 2.35. The van der Waals surface area contributed by atoms with Crippen LogP contribution in [0, 0.1) is 5.92 Å². The molecule has 1 atom stereocenters. The lowest BCUT2D eigenvalue weighted by Crippen LogP contribution is -3.06. The molecule has 0 spiro atoms. The Morgan fingerprint density at radius 1 is 1.00 bits per heavy atom. The van der Waals surface area contributed by atoms with Crippen LogP contribution in [0.25, 0.3) is 0 Å². The second kappa shape index (κ2) is 11.0. The van der Waals surface area contributed by atoms with E-state index in [2.05, 4.69) is 45.4 Å². The van der Waals surface area contributed by atoms with Crippen molar-refractivity contribution in [2.75, 3.05) is 33.7 Å². The van der Waals surface area contributed by atoms with Crippen molar-refractivity contribution in [3.05, 3.63) is 34.9 Å². The highest BCUT2D eigenvalue weighted by Gasteiger charge is 2.13. The lowest BCUT2D eigenvalue weighted by Gasteiger charge is -2.18. The van der Waals surface area contributed by atoms with Gasteiger partial charge in [-0.05, 0) is 36.0 Å². The van der Waals surface area contributed by atoms with Crippen LogP contribution in [0.15, 0.2) is 24.3 Å². The summed E-state index contributed by atoms with van der Waals surface area (Å²) in [7, 11) is 4.45. The van der Waals surface area contributed by atoms with Gasteiger partial charge in [-0.25, -0.2) is 0 Å². The molecule has 0 heterocycles. The first kappa shape index (κ1) is 19.5. The van der Waals surface area contributed by atoms with Crippen molar-refractivity contribution in [3.8, 4) is 0 Å². The summed E-state index contributed by atoms with van der Waals surface area (Å²) >= 11 is 6.02. The number of quaternary nitrogens is 2. The van der Waals surface area contributed by atoms with E-state index in [4.69, 9.17) is 11.6 Å². The van der Waals surface area contributed by atoms with E-state index in [1.165, 1.54) is 50.9 Å². The summed E-state index contributed by atoms with van der Waals surface area (Å²) in [4.78, 5) is 1.55. The zero-order chi connectivity index (χ0) is 16.4. The second-order valence-electron chi connectivity index (χ2n) is 7.19. The van der Waals surface area contributed by atoms with Gasteiger partial charge in [-0.15, -0.1) is 0 Å². The molecule has 0 saturated carbocycles. The summed E-state index contributed by atoms with van der Waals surface area (Å²) in [5.74, 6) is 1.46. The number of nitrogens with two attached hydrogens (primary N) is 1. The van der Waals surface area contributed by atoms with Crippen LogP contribution in [0.4, 0.5) is 0 Å². The maximum absolute atomic E-state index is 6.02. The van der Waals surface area contributed by atoms with E-state index in [1.54, 1.807) is 4.90 Å². The molecule has 1 rings (SSSR count). The fourth-order valence-corrected chi connectivity index (χ4v) is 2.94. The minimum Gasteiger partial charge on any atom is -0.346 e. The van der Waals surface area contributed by atoms with E-state index < -0.39 is 0 Å². The highest BCUT2D eigenvalue weighted by atomic mass is 35.5. The van der Waals surface area contributed by atoms with Crippen molar-refractivity contribution in [2.24, 2.45) is 5.92 Å². The Labute approximate surface area is 142 Å². The van der Waals surface area contributed by atoms with Crippen LogP contribution in [0.5, 0.6) is 0 Å². The Kier molecular flexibility index (Phi) is 9.77. The zero-order valence-electron chi connectivity index (χ0n) is 14.9. The number of rotatable bonds is 11. The number of hydrogen-bond acceptors (Lipinski definition) is 0. The van der Waals surface area contributed by atoms with Crippen molar-refractivity contribution in [2.45, 2.75) is 45.4 Å². The third-order valence-corrected chi connectivity index (χ3v) is 4.49. The molecule has 0 radical (unpaired) electrons. The normalized spacial score (nSPS) is 13.0. The first-order chi connectivity index (χ1) is 10.5. The van der Waals surface area contributed by atoms with Crippen molar-refractivity contribution in [1.82, 2.24) is 0 Å². The highest BCUT2D eigenvalue weighted by Crippen LogP contribution is 2.27. The summed E-state index contributed by atoms with van der Waals surface area (Å²) in [6, 6.07) is 8.48. The molecule has 126 valence electrons. The maximum atomic E-state index is 6.02. The third kappa shape index (κ3) is 8.77. The molecule has 2 nitrogen and oxygen atoms in total. The monoisotopic (exact) mass is 326 g/mol. The van der Waals surface area contributed by atoms with Gasteiger partial charge in [-0.2, -0.15) is 0 Å². The van der Waals surface area contributed by atoms with Crippen LogP contribution >= 0.6 is 11.6 Å². The minimum absolute atomic E-state index is 0.676. The first-order valence-electron chi connectivity index (χ1n) is 8.85. The van der Waals surface area contributed by atoms with E-state index in [-0.39, 0.29) is 0 Å². The molecule has 22 heavy (non-hydrogen) atoms. The summed E-state index contributed by atoms with van der Waals surface area (Å²) in [5.41, 5.74) is 1.45. The van der Waals surface area contributed by atoms with E-state index in [0.29, 0.717) is 5.92 Å². The Hall–Kier alpha value is -0.570. The summed E-state index contributed by atoms with van der Waals surface area (Å²) < 4.78 is 0. The van der Waals surface area contributed by atoms with E-state index in [0.717, 1.165) is 10.9 Å². The van der Waals surface area contributed by atoms with Gasteiger partial charge in [-0.3, -0.25) is 0 Å². The number of hydrogen-bond donors (Lipinski definition) is 2. The van der Waals surface area contributed by atoms with Gasteiger partial charge >= 0.3 is 0 Å². The Morgan fingerprint density at radius 3 is 2.27 bits per heavy atom. The molecule has 0 aliphatic carbocycles. The average Bonchev–Trinajstić information content (AvgIpc) is 2.46. The van der Waals surface area contributed by atoms with Crippen LogP contribution in [0.2, 0.25) is 5.02 Å². The number of nitrogens with one attached hydrogen (secondary N) is 1. The molecule has 0 aromatic heterocycles. The standard InChI is InChI=1S/C19H33ClN2/c1-16(2)6-7-18(17-8-10-19(20)11-9-17)12-14-21-13-5-15-22(3)4/h8-11,16,18,21H,5-7,12-15H2,1-4H3/p+2/t18-/m0/s1. The lowest BCUT2D eigenvalue weighted by molar-refractivity contribution is -0.860. The smallest absolute Gasteiger partial charge is 0.0821 e. The van der Waals surface area contributed by atoms with Crippen molar-refractivity contribution >= 4 is 11.6 Å². The molecule has 1 aromatic rings. The third-order valence-electron chi connectivity index (χ3n) is 4.24. The minimum atomic E-state index is 0.676. The Morgan fingerprint density at radius 2 is 1.68 bits per heavy atom. The lowest BCUT2D eigenvalue weighted by atomic mass is 9.89. The molecule has 0 unspecified atom stereocenters. The number of halogens is 1. The summed E-state index contributed by atoms with van der Waals surface area (Å²) in [6.07, 6.45) is 5.16. The highest BCUT2D eigenvalue weighted by molar-refractivity contribution is 6.30. The molecule has 0 saturated heterocycles. The molecule has 0 aliphatic rings. The van der Waals surface area contributed by atoms with E-state index in [9.17, 15) is 0 Å². The summed E-state index contributed by atoms with van der Waals surface area (Å²) in [6.45, 7) is 8.38.